The molecule has 13 nitrogen and oxygen atoms in total. The fourth-order valence-corrected chi connectivity index (χ4v) is 6.47. The van der Waals surface area contributed by atoms with Gasteiger partial charge < -0.3 is 24.4 Å². The van der Waals surface area contributed by atoms with Crippen molar-refractivity contribution < 1.29 is 29.4 Å². The quantitative estimate of drug-likeness (QED) is 0.0852. The molecule has 0 spiro atoms. The van der Waals surface area contributed by atoms with Crippen LogP contribution in [0.4, 0.5) is 4.79 Å². The Morgan fingerprint density at radius 2 is 1.75 bits per heavy atom. The molecule has 1 fully saturated rings. The third-order valence-electron chi connectivity index (χ3n) is 8.93. The van der Waals surface area contributed by atoms with Crippen LogP contribution in [0.25, 0.3) is 33.5 Å². The fraction of sp³-hybridized carbons (Fsp3) is 0.371. The third-order valence-corrected chi connectivity index (χ3v) is 8.93. The number of carbonyl (C=O) groups excluding carboxylic acids is 1. The van der Waals surface area contributed by atoms with E-state index in [1.54, 1.807) is 36.8 Å². The SMILES string of the molecule is CCn1nnc(-c2ccccc2-c2ccc(Cn3c(C(C)O)nc4cccc(C(=O)OC(C)(NOC(=O)O)C5CCCCC5)c43)cc2)n1. The molecule has 0 amide bonds. The summed E-state index contributed by atoms with van der Waals surface area (Å²) >= 11 is 0. The molecular formula is C35H39N7O6. The zero-order chi connectivity index (χ0) is 33.8. The van der Waals surface area contributed by atoms with Crippen LogP contribution in [0.2, 0.25) is 0 Å². The van der Waals surface area contributed by atoms with Crippen LogP contribution in [0, 0.1) is 5.92 Å². The zero-order valence-electron chi connectivity index (χ0n) is 27.2. The van der Waals surface area contributed by atoms with Crippen LogP contribution in [0.1, 0.15) is 80.7 Å². The molecule has 48 heavy (non-hydrogen) atoms. The van der Waals surface area contributed by atoms with Gasteiger partial charge in [0.05, 0.1) is 23.1 Å². The predicted molar refractivity (Wildman–Crippen MR) is 176 cm³/mol. The Hall–Kier alpha value is -5.14. The maximum absolute atomic E-state index is 13.9. The van der Waals surface area contributed by atoms with Crippen LogP contribution < -0.4 is 5.48 Å². The highest BCUT2D eigenvalue weighted by molar-refractivity contribution is 6.02. The topological polar surface area (TPSA) is 167 Å². The predicted octanol–water partition coefficient (Wildman–Crippen LogP) is 6.13. The second-order valence-electron chi connectivity index (χ2n) is 12.3. The number of carboxylic acid groups (broad SMARTS) is 1. The number of nitrogens with zero attached hydrogens (tertiary/aromatic N) is 6. The number of nitrogens with one attached hydrogen (secondary N) is 1. The molecule has 3 aromatic carbocycles. The zero-order valence-corrected chi connectivity index (χ0v) is 27.2. The minimum Gasteiger partial charge on any atom is -0.448 e. The summed E-state index contributed by atoms with van der Waals surface area (Å²) in [5.74, 6) is 0.137. The van der Waals surface area contributed by atoms with Crippen LogP contribution in [-0.2, 0) is 22.7 Å². The first-order chi connectivity index (χ1) is 23.2. The molecule has 2 unspecified atom stereocenters. The molecule has 3 N–H and O–H groups in total. The normalized spacial score (nSPS) is 15.6. The molecule has 2 heterocycles. The largest absolute Gasteiger partial charge is 0.525 e. The molecule has 1 aliphatic rings. The average molecular weight is 654 g/mol. The van der Waals surface area contributed by atoms with Gasteiger partial charge in [0, 0.05) is 18.0 Å². The van der Waals surface area contributed by atoms with E-state index < -0.39 is 24.0 Å². The van der Waals surface area contributed by atoms with Crippen LogP contribution in [0.15, 0.2) is 66.7 Å². The number of rotatable bonds is 11. The highest BCUT2D eigenvalue weighted by atomic mass is 16.8. The van der Waals surface area contributed by atoms with E-state index >= 15 is 0 Å². The number of carbonyl (C=O) groups is 2. The Balaban J connectivity index is 1.32. The summed E-state index contributed by atoms with van der Waals surface area (Å²) in [7, 11) is 0. The molecule has 2 aromatic heterocycles. The van der Waals surface area contributed by atoms with E-state index in [1.165, 1.54) is 0 Å². The summed E-state index contributed by atoms with van der Waals surface area (Å²) in [5.41, 5.74) is 6.10. The van der Waals surface area contributed by atoms with E-state index in [2.05, 4.69) is 25.9 Å². The first-order valence-corrected chi connectivity index (χ1v) is 16.2. The maximum Gasteiger partial charge on any atom is 0.525 e. The Labute approximate surface area is 277 Å². The van der Waals surface area contributed by atoms with E-state index in [0.29, 0.717) is 35.8 Å². The van der Waals surface area contributed by atoms with E-state index in [1.807, 2.05) is 60.0 Å². The summed E-state index contributed by atoms with van der Waals surface area (Å²) in [6.07, 6.45) is 2.00. The van der Waals surface area contributed by atoms with Gasteiger partial charge in [-0.05, 0) is 67.6 Å². The van der Waals surface area contributed by atoms with Gasteiger partial charge in [-0.15, -0.1) is 15.7 Å². The first kappa shape index (κ1) is 32.8. The molecule has 0 aliphatic heterocycles. The van der Waals surface area contributed by atoms with Crippen molar-refractivity contribution in [2.75, 3.05) is 0 Å². The molecule has 2 atom stereocenters. The number of hydrogen-bond acceptors (Lipinski definition) is 10. The van der Waals surface area contributed by atoms with E-state index in [0.717, 1.165) is 54.4 Å². The molecule has 6 rings (SSSR count). The maximum atomic E-state index is 13.9. The monoisotopic (exact) mass is 653 g/mol. The number of aryl methyl sites for hydroxylation is 1. The van der Waals surface area contributed by atoms with Gasteiger partial charge in [0.15, 0.2) is 5.72 Å². The highest BCUT2D eigenvalue weighted by Gasteiger charge is 2.41. The lowest BCUT2D eigenvalue weighted by molar-refractivity contribution is -0.142. The van der Waals surface area contributed by atoms with Crippen molar-refractivity contribution in [3.8, 4) is 22.5 Å². The van der Waals surface area contributed by atoms with Crippen molar-refractivity contribution in [1.82, 2.24) is 35.2 Å². The number of hydrogen-bond donors (Lipinski definition) is 3. The van der Waals surface area contributed by atoms with E-state index in [-0.39, 0.29) is 11.5 Å². The summed E-state index contributed by atoms with van der Waals surface area (Å²) in [4.78, 5) is 36.2. The number of aliphatic hydroxyl groups excluding tert-OH is 1. The summed E-state index contributed by atoms with van der Waals surface area (Å²) in [6.45, 7) is 6.17. The van der Waals surface area contributed by atoms with Crippen LogP contribution >= 0.6 is 0 Å². The molecule has 1 aliphatic carbocycles. The molecule has 13 heteroatoms. The highest BCUT2D eigenvalue weighted by Crippen LogP contribution is 2.36. The van der Waals surface area contributed by atoms with Crippen molar-refractivity contribution in [3.05, 3.63) is 83.7 Å². The number of imidazole rings is 1. The Kier molecular flexibility index (Phi) is 9.51. The molecule has 250 valence electrons. The summed E-state index contributed by atoms with van der Waals surface area (Å²) in [5, 5.41) is 32.7. The third kappa shape index (κ3) is 6.78. The van der Waals surface area contributed by atoms with Gasteiger partial charge in [0.1, 0.15) is 11.9 Å². The second kappa shape index (κ2) is 13.9. The molecule has 0 radical (unpaired) electrons. The number of benzene rings is 3. The summed E-state index contributed by atoms with van der Waals surface area (Å²) < 4.78 is 7.88. The lowest BCUT2D eigenvalue weighted by Gasteiger charge is -2.38. The van der Waals surface area contributed by atoms with Gasteiger partial charge in [-0.2, -0.15) is 4.80 Å². The van der Waals surface area contributed by atoms with Gasteiger partial charge in [-0.1, -0.05) is 73.9 Å². The van der Waals surface area contributed by atoms with Crippen molar-refractivity contribution >= 4 is 23.2 Å². The lowest BCUT2D eigenvalue weighted by Crippen LogP contribution is -2.53. The number of fused-ring (bicyclic) bond motifs is 1. The first-order valence-electron chi connectivity index (χ1n) is 16.2. The van der Waals surface area contributed by atoms with Crippen LogP contribution in [0.3, 0.4) is 0 Å². The number of aliphatic hydroxyl groups is 1. The average Bonchev–Trinajstić information content (AvgIpc) is 3.73. The smallest absolute Gasteiger partial charge is 0.448 e. The molecule has 0 saturated heterocycles. The van der Waals surface area contributed by atoms with Gasteiger partial charge in [-0.25, -0.2) is 14.6 Å². The van der Waals surface area contributed by atoms with Gasteiger partial charge >= 0.3 is 12.1 Å². The van der Waals surface area contributed by atoms with Crippen molar-refractivity contribution in [2.45, 2.75) is 77.8 Å². The number of aromatic nitrogens is 6. The van der Waals surface area contributed by atoms with Gasteiger partial charge in [0.25, 0.3) is 0 Å². The van der Waals surface area contributed by atoms with Gasteiger partial charge in [-0.3, -0.25) is 0 Å². The molecule has 1 saturated carbocycles. The van der Waals surface area contributed by atoms with Crippen LogP contribution in [0.5, 0.6) is 0 Å². The molecule has 5 aromatic rings. The van der Waals surface area contributed by atoms with E-state index in [9.17, 15) is 19.8 Å². The van der Waals surface area contributed by atoms with Crippen molar-refractivity contribution in [2.24, 2.45) is 5.92 Å². The number of esters is 1. The second-order valence-corrected chi connectivity index (χ2v) is 12.3. The molecule has 0 bridgehead atoms. The minimum absolute atomic E-state index is 0.148. The summed E-state index contributed by atoms with van der Waals surface area (Å²) in [6, 6.07) is 21.0. The van der Waals surface area contributed by atoms with E-state index in [4.69, 9.17) is 9.57 Å². The number of hydroxylamine groups is 1. The number of para-hydroxylation sites is 1. The lowest BCUT2D eigenvalue weighted by atomic mass is 9.82. The number of ether oxygens (including phenoxy) is 1. The van der Waals surface area contributed by atoms with Crippen molar-refractivity contribution in [3.63, 3.8) is 0 Å². The Morgan fingerprint density at radius 3 is 2.42 bits per heavy atom. The molecular weight excluding hydrogens is 614 g/mol. The van der Waals surface area contributed by atoms with Crippen molar-refractivity contribution in [1.29, 1.82) is 0 Å². The standard InChI is InChI=1S/C35H39N7O6/c1-4-42-38-31(37-40-42)27-14-9-8-13-26(27)24-19-17-23(18-20-24)21-41-30-28(15-10-16-29(30)36-32(41)22(2)43)33(44)47-35(3,39-48-34(45)46)25-11-6-5-7-12-25/h8-10,13-20,22,25,39,43H,4-7,11-12,21H2,1-3H3,(H,45,46). The fourth-order valence-electron chi connectivity index (χ4n) is 6.47. The van der Waals surface area contributed by atoms with Gasteiger partial charge in [0.2, 0.25) is 5.82 Å². The Morgan fingerprint density at radius 1 is 1.02 bits per heavy atom. The Bertz CT molecular complexity index is 1910. The number of tetrazole rings is 1. The van der Waals surface area contributed by atoms with Crippen LogP contribution in [-0.4, -0.2) is 57.8 Å². The minimum atomic E-state index is -1.52.